The van der Waals surface area contributed by atoms with E-state index in [1.54, 1.807) is 48.8 Å². The van der Waals surface area contributed by atoms with Crippen LogP contribution in [-0.2, 0) is 9.59 Å². The zero-order valence-electron chi connectivity index (χ0n) is 17.7. The van der Waals surface area contributed by atoms with Gasteiger partial charge in [0.2, 0.25) is 5.95 Å². The maximum atomic E-state index is 13.2. The van der Waals surface area contributed by atoms with Gasteiger partial charge < -0.3 is 14.8 Å². The number of rotatable bonds is 5. The molecule has 4 aromatic rings. The van der Waals surface area contributed by atoms with Gasteiger partial charge in [0.1, 0.15) is 11.5 Å². The summed E-state index contributed by atoms with van der Waals surface area (Å²) in [6.45, 7) is 2.31. The topological polar surface area (TPSA) is 108 Å². The molecule has 0 saturated carbocycles. The SMILES string of the molecule is CCOc1cccc(/C(O)=C2\C(=O)C(=O)N(c3nc4ccccc4[nH]3)C2c2ccncc2)c1. The molecular formula is C25H20N4O4. The van der Waals surface area contributed by atoms with Gasteiger partial charge in [0.05, 0.1) is 29.3 Å². The van der Waals surface area contributed by atoms with Gasteiger partial charge in [0.25, 0.3) is 5.78 Å². The molecule has 164 valence electrons. The quantitative estimate of drug-likeness (QED) is 0.276. The molecule has 2 aromatic heterocycles. The number of benzene rings is 2. The molecule has 1 aliphatic rings. The van der Waals surface area contributed by atoms with Gasteiger partial charge in [-0.2, -0.15) is 0 Å². The summed E-state index contributed by atoms with van der Waals surface area (Å²) >= 11 is 0. The number of carbonyl (C=O) groups is 2. The van der Waals surface area contributed by atoms with Gasteiger partial charge in [0.15, 0.2) is 0 Å². The summed E-state index contributed by atoms with van der Waals surface area (Å²) in [5.74, 6) is -1.08. The number of aliphatic hydroxyl groups is 1. The molecule has 8 heteroatoms. The van der Waals surface area contributed by atoms with Crippen molar-refractivity contribution in [2.75, 3.05) is 11.5 Å². The third kappa shape index (κ3) is 3.51. The number of nitrogens with zero attached hydrogens (tertiary/aromatic N) is 3. The summed E-state index contributed by atoms with van der Waals surface area (Å²) < 4.78 is 5.52. The van der Waals surface area contributed by atoms with E-state index >= 15 is 0 Å². The smallest absolute Gasteiger partial charge is 0.302 e. The Bertz CT molecular complexity index is 1360. The summed E-state index contributed by atoms with van der Waals surface area (Å²) in [5.41, 5.74) is 2.36. The van der Waals surface area contributed by atoms with Crippen molar-refractivity contribution in [3.63, 3.8) is 0 Å². The van der Waals surface area contributed by atoms with Crippen molar-refractivity contribution >= 4 is 34.4 Å². The summed E-state index contributed by atoms with van der Waals surface area (Å²) in [6, 6.07) is 16.6. The fraction of sp³-hybridized carbons (Fsp3) is 0.120. The first kappa shape index (κ1) is 20.4. The second-order valence-corrected chi connectivity index (χ2v) is 7.49. The molecule has 0 bridgehead atoms. The number of ether oxygens (including phenoxy) is 1. The van der Waals surface area contributed by atoms with E-state index in [4.69, 9.17) is 4.74 Å². The van der Waals surface area contributed by atoms with Crippen LogP contribution in [0.3, 0.4) is 0 Å². The number of ketones is 1. The van der Waals surface area contributed by atoms with Crippen molar-refractivity contribution in [1.82, 2.24) is 15.0 Å². The molecule has 3 heterocycles. The maximum absolute atomic E-state index is 13.2. The number of amides is 1. The monoisotopic (exact) mass is 440 g/mol. The van der Waals surface area contributed by atoms with Gasteiger partial charge in [-0.3, -0.25) is 19.5 Å². The Kier molecular flexibility index (Phi) is 5.10. The van der Waals surface area contributed by atoms with Crippen LogP contribution in [0.2, 0.25) is 0 Å². The van der Waals surface area contributed by atoms with E-state index < -0.39 is 17.7 Å². The number of nitrogens with one attached hydrogen (secondary N) is 1. The van der Waals surface area contributed by atoms with Crippen LogP contribution in [0.1, 0.15) is 24.1 Å². The van der Waals surface area contributed by atoms with E-state index in [0.29, 0.717) is 29.0 Å². The molecule has 1 unspecified atom stereocenters. The van der Waals surface area contributed by atoms with Crippen molar-refractivity contribution < 1.29 is 19.4 Å². The molecule has 5 rings (SSSR count). The lowest BCUT2D eigenvalue weighted by Gasteiger charge is -2.22. The van der Waals surface area contributed by atoms with Crippen LogP contribution in [0.15, 0.2) is 78.6 Å². The molecule has 8 nitrogen and oxygen atoms in total. The van der Waals surface area contributed by atoms with E-state index in [1.165, 1.54) is 4.90 Å². The van der Waals surface area contributed by atoms with Crippen LogP contribution in [0.4, 0.5) is 5.95 Å². The number of aromatic nitrogens is 3. The van der Waals surface area contributed by atoms with Gasteiger partial charge in [-0.1, -0.05) is 24.3 Å². The highest BCUT2D eigenvalue weighted by molar-refractivity contribution is 6.51. The number of Topliss-reactive ketones (excluding diaryl/α,β-unsaturated/α-hetero) is 1. The molecule has 0 radical (unpaired) electrons. The Morgan fingerprint density at radius 2 is 1.88 bits per heavy atom. The van der Waals surface area contributed by atoms with Crippen LogP contribution in [-0.4, -0.2) is 38.4 Å². The van der Waals surface area contributed by atoms with E-state index in [9.17, 15) is 14.7 Å². The molecule has 1 atom stereocenters. The number of hydrogen-bond donors (Lipinski definition) is 2. The molecule has 33 heavy (non-hydrogen) atoms. The fourth-order valence-electron chi connectivity index (χ4n) is 4.02. The first-order chi connectivity index (χ1) is 16.1. The van der Waals surface area contributed by atoms with Crippen molar-refractivity contribution in [1.29, 1.82) is 0 Å². The lowest BCUT2D eigenvalue weighted by molar-refractivity contribution is -0.132. The van der Waals surface area contributed by atoms with E-state index in [-0.39, 0.29) is 17.3 Å². The van der Waals surface area contributed by atoms with Crippen molar-refractivity contribution in [3.05, 3.63) is 89.8 Å². The van der Waals surface area contributed by atoms with Gasteiger partial charge in [-0.05, 0) is 48.9 Å². The van der Waals surface area contributed by atoms with Gasteiger partial charge >= 0.3 is 5.91 Å². The number of fused-ring (bicyclic) bond motifs is 1. The number of aliphatic hydroxyl groups excluding tert-OH is 1. The number of aromatic amines is 1. The molecule has 1 saturated heterocycles. The molecule has 0 aliphatic carbocycles. The fourth-order valence-corrected chi connectivity index (χ4v) is 4.02. The van der Waals surface area contributed by atoms with E-state index in [2.05, 4.69) is 15.0 Å². The number of para-hydroxylation sites is 2. The summed E-state index contributed by atoms with van der Waals surface area (Å²) in [6.07, 6.45) is 3.15. The lowest BCUT2D eigenvalue weighted by atomic mass is 9.96. The standard InChI is InChI=1S/C25H20N4O4/c1-2-33-17-7-5-6-16(14-17)22(30)20-21(15-10-12-26-13-11-15)29(24(32)23(20)31)25-27-18-8-3-4-9-19(18)28-25/h3-14,21,30H,2H2,1H3,(H,27,28)/b22-20+. The van der Waals surface area contributed by atoms with Crippen LogP contribution in [0.25, 0.3) is 16.8 Å². The minimum Gasteiger partial charge on any atom is -0.507 e. The minimum absolute atomic E-state index is 0.0275. The third-order valence-electron chi connectivity index (χ3n) is 5.49. The van der Waals surface area contributed by atoms with Gasteiger partial charge in [-0.25, -0.2) is 4.98 Å². The average Bonchev–Trinajstić information content (AvgIpc) is 3.38. The number of anilines is 1. The third-order valence-corrected chi connectivity index (χ3v) is 5.49. The Labute approximate surface area is 189 Å². The molecule has 0 spiro atoms. The number of pyridine rings is 1. The molecule has 1 fully saturated rings. The molecule has 2 N–H and O–H groups in total. The Morgan fingerprint density at radius 3 is 2.64 bits per heavy atom. The lowest BCUT2D eigenvalue weighted by Crippen LogP contribution is -2.30. The van der Waals surface area contributed by atoms with Crippen LogP contribution in [0, 0.1) is 0 Å². The highest BCUT2D eigenvalue weighted by Crippen LogP contribution is 2.41. The average molecular weight is 440 g/mol. The molecule has 2 aromatic carbocycles. The van der Waals surface area contributed by atoms with Crippen LogP contribution in [0.5, 0.6) is 5.75 Å². The normalized spacial score (nSPS) is 17.6. The number of imidazole rings is 1. The highest BCUT2D eigenvalue weighted by Gasteiger charge is 2.48. The number of carbonyl (C=O) groups excluding carboxylic acids is 2. The predicted molar refractivity (Wildman–Crippen MR) is 123 cm³/mol. The van der Waals surface area contributed by atoms with Gasteiger partial charge in [0, 0.05) is 18.0 Å². The van der Waals surface area contributed by atoms with Gasteiger partial charge in [-0.15, -0.1) is 0 Å². The second-order valence-electron chi connectivity index (χ2n) is 7.49. The zero-order valence-corrected chi connectivity index (χ0v) is 17.7. The van der Waals surface area contributed by atoms with E-state index in [0.717, 1.165) is 5.52 Å². The zero-order chi connectivity index (χ0) is 22.9. The first-order valence-corrected chi connectivity index (χ1v) is 10.5. The molecule has 1 aliphatic heterocycles. The number of hydrogen-bond acceptors (Lipinski definition) is 6. The predicted octanol–water partition coefficient (Wildman–Crippen LogP) is 3.98. The Morgan fingerprint density at radius 1 is 1.09 bits per heavy atom. The van der Waals surface area contributed by atoms with Crippen LogP contribution < -0.4 is 9.64 Å². The second kappa shape index (κ2) is 8.23. The summed E-state index contributed by atoms with van der Waals surface area (Å²) in [4.78, 5) is 39.4. The molecular weight excluding hydrogens is 420 g/mol. The summed E-state index contributed by atoms with van der Waals surface area (Å²) in [5, 5.41) is 11.2. The van der Waals surface area contributed by atoms with Crippen molar-refractivity contribution in [3.8, 4) is 5.75 Å². The van der Waals surface area contributed by atoms with E-state index in [1.807, 2.05) is 31.2 Å². The first-order valence-electron chi connectivity index (χ1n) is 10.5. The number of H-pyrrole nitrogens is 1. The van der Waals surface area contributed by atoms with Crippen molar-refractivity contribution in [2.24, 2.45) is 0 Å². The summed E-state index contributed by atoms with van der Waals surface area (Å²) in [7, 11) is 0. The largest absolute Gasteiger partial charge is 0.507 e. The molecule has 1 amide bonds. The Balaban J connectivity index is 1.70. The highest BCUT2D eigenvalue weighted by atomic mass is 16.5. The Hall–Kier alpha value is -4.46. The minimum atomic E-state index is -0.885. The maximum Gasteiger partial charge on any atom is 0.302 e. The van der Waals surface area contributed by atoms with Crippen molar-refractivity contribution in [2.45, 2.75) is 13.0 Å². The van der Waals surface area contributed by atoms with Crippen LogP contribution >= 0.6 is 0 Å².